The van der Waals surface area contributed by atoms with E-state index in [2.05, 4.69) is 4.98 Å². The zero-order valence-corrected chi connectivity index (χ0v) is 21.6. The Kier molecular flexibility index (Phi) is 9.47. The molecule has 0 unspecified atom stereocenters. The number of amides is 1. The van der Waals surface area contributed by atoms with Crippen molar-refractivity contribution >= 4 is 18.2 Å². The number of esters is 1. The molecule has 0 aliphatic rings. The maximum Gasteiger partial charge on any atom is 0.419 e. The minimum atomic E-state index is -1.51. The number of carbonyl (C=O) groups excluding carboxylic acids is 3. The van der Waals surface area contributed by atoms with Crippen LogP contribution >= 0.6 is 0 Å². The van der Waals surface area contributed by atoms with Gasteiger partial charge in [0.2, 0.25) is 0 Å². The summed E-state index contributed by atoms with van der Waals surface area (Å²) in [5.41, 5.74) is -2.60. The molecule has 10 heteroatoms. The number of hydrogen-bond acceptors (Lipinski definition) is 8. The van der Waals surface area contributed by atoms with Crippen molar-refractivity contribution in [2.24, 2.45) is 5.92 Å². The molecule has 1 aromatic rings. The summed E-state index contributed by atoms with van der Waals surface area (Å²) in [5.74, 6) is -0.534. The van der Waals surface area contributed by atoms with E-state index in [4.69, 9.17) is 18.9 Å². The van der Waals surface area contributed by atoms with Gasteiger partial charge < -0.3 is 18.9 Å². The van der Waals surface area contributed by atoms with Crippen LogP contribution in [-0.2, 0) is 30.2 Å². The van der Waals surface area contributed by atoms with E-state index in [-0.39, 0.29) is 25.7 Å². The van der Waals surface area contributed by atoms with Crippen LogP contribution in [0.25, 0.3) is 0 Å². The maximum absolute atomic E-state index is 13.2. The van der Waals surface area contributed by atoms with Gasteiger partial charge >= 0.3 is 18.2 Å². The van der Waals surface area contributed by atoms with Crippen LogP contribution in [-0.4, -0.2) is 69.8 Å². The van der Waals surface area contributed by atoms with E-state index in [1.807, 2.05) is 13.8 Å². The third-order valence-corrected chi connectivity index (χ3v) is 4.22. The zero-order valence-electron chi connectivity index (χ0n) is 21.6. The molecule has 1 atom stereocenters. The number of carbonyl (C=O) groups is 3. The highest BCUT2D eigenvalue weighted by atomic mass is 16.6. The molecule has 0 aliphatic heterocycles. The number of nitrogens with zero attached hydrogens (tertiary/aromatic N) is 3. The van der Waals surface area contributed by atoms with E-state index in [0.29, 0.717) is 5.69 Å². The van der Waals surface area contributed by atoms with E-state index in [1.54, 1.807) is 48.5 Å². The fourth-order valence-corrected chi connectivity index (χ4v) is 2.74. The van der Waals surface area contributed by atoms with Crippen molar-refractivity contribution in [3.05, 3.63) is 18.2 Å². The lowest BCUT2D eigenvalue weighted by Crippen LogP contribution is -2.58. The summed E-state index contributed by atoms with van der Waals surface area (Å²) >= 11 is 0. The Bertz CT molecular complexity index is 821. The summed E-state index contributed by atoms with van der Waals surface area (Å²) in [6.07, 6.45) is 1.38. The van der Waals surface area contributed by atoms with E-state index in [9.17, 15) is 14.4 Å². The number of aromatic nitrogens is 2. The van der Waals surface area contributed by atoms with Crippen molar-refractivity contribution in [2.75, 3.05) is 20.4 Å². The second-order valence-corrected chi connectivity index (χ2v) is 10.5. The van der Waals surface area contributed by atoms with Crippen molar-refractivity contribution in [3.63, 3.8) is 0 Å². The lowest BCUT2D eigenvalue weighted by molar-refractivity contribution is -0.161. The first-order chi connectivity index (χ1) is 15.0. The smallest absolute Gasteiger partial charge is 0.419 e. The molecule has 0 radical (unpaired) electrons. The van der Waals surface area contributed by atoms with Crippen LogP contribution in [0, 0.1) is 5.92 Å². The number of imidazole rings is 1. The first kappa shape index (κ1) is 28.4. The van der Waals surface area contributed by atoms with Crippen molar-refractivity contribution in [1.29, 1.82) is 0 Å². The molecule has 1 heterocycles. The molecule has 1 amide bonds. The largest absolute Gasteiger partial charge is 0.464 e. The van der Waals surface area contributed by atoms with E-state index < -0.39 is 34.9 Å². The van der Waals surface area contributed by atoms with E-state index in [0.717, 1.165) is 0 Å². The fourth-order valence-electron chi connectivity index (χ4n) is 2.74. The Hall–Kier alpha value is -2.62. The summed E-state index contributed by atoms with van der Waals surface area (Å²) < 4.78 is 22.8. The van der Waals surface area contributed by atoms with Gasteiger partial charge in [-0.15, -0.1) is 0 Å². The molecule has 0 bridgehead atoms. The van der Waals surface area contributed by atoms with Gasteiger partial charge in [0.25, 0.3) is 0 Å². The van der Waals surface area contributed by atoms with Gasteiger partial charge in [-0.2, -0.15) is 0 Å². The molecule has 0 aliphatic carbocycles. The molecule has 0 aromatic carbocycles. The Morgan fingerprint density at radius 2 is 1.61 bits per heavy atom. The number of rotatable bonds is 8. The molecular formula is C23H39N3O7. The van der Waals surface area contributed by atoms with Crippen molar-refractivity contribution in [1.82, 2.24) is 14.5 Å². The Balaban J connectivity index is 3.31. The van der Waals surface area contributed by atoms with Gasteiger partial charge in [-0.25, -0.2) is 23.9 Å². The molecule has 0 spiro atoms. The van der Waals surface area contributed by atoms with Gasteiger partial charge in [0.05, 0.1) is 12.3 Å². The molecule has 0 saturated carbocycles. The second-order valence-electron chi connectivity index (χ2n) is 10.5. The van der Waals surface area contributed by atoms with Crippen molar-refractivity contribution < 1.29 is 33.3 Å². The fraction of sp³-hybridized carbons (Fsp3) is 0.739. The molecule has 0 N–H and O–H groups in total. The summed E-state index contributed by atoms with van der Waals surface area (Å²) in [6.45, 7) is 15.8. The van der Waals surface area contributed by atoms with Gasteiger partial charge in [-0.3, -0.25) is 4.90 Å². The standard InChI is InChI=1S/C23H39N3O7/c1-16(2)13-31-18(27)23(9,26(15-30-10)20(29)33-22(6,7)8)11-17-12-25(14-24-17)19(28)32-21(3,4)5/h12,14,16H,11,13,15H2,1-10H3/t23-/m0/s1. The third kappa shape index (κ3) is 9.03. The van der Waals surface area contributed by atoms with Crippen LogP contribution in [0.5, 0.6) is 0 Å². The Morgan fingerprint density at radius 1 is 1.03 bits per heavy atom. The quantitative estimate of drug-likeness (QED) is 0.319. The molecule has 1 rings (SSSR count). The second kappa shape index (κ2) is 11.0. The van der Waals surface area contributed by atoms with Gasteiger partial charge in [0.15, 0.2) is 0 Å². The van der Waals surface area contributed by atoms with Gasteiger partial charge in [-0.1, -0.05) is 13.8 Å². The highest BCUT2D eigenvalue weighted by molar-refractivity contribution is 5.86. The minimum absolute atomic E-state index is 0.0394. The van der Waals surface area contributed by atoms with E-state index in [1.165, 1.54) is 29.1 Å². The summed E-state index contributed by atoms with van der Waals surface area (Å²) in [7, 11) is 1.41. The van der Waals surface area contributed by atoms with Crippen molar-refractivity contribution in [3.8, 4) is 0 Å². The van der Waals surface area contributed by atoms with Gasteiger partial charge in [0.1, 0.15) is 29.8 Å². The molecule has 10 nitrogen and oxygen atoms in total. The highest BCUT2D eigenvalue weighted by Crippen LogP contribution is 2.26. The molecular weight excluding hydrogens is 430 g/mol. The molecule has 0 saturated heterocycles. The van der Waals surface area contributed by atoms with Crippen LogP contribution in [0.3, 0.4) is 0 Å². The normalized spacial score (nSPS) is 13.9. The molecule has 188 valence electrons. The zero-order chi connectivity index (χ0) is 25.6. The summed E-state index contributed by atoms with van der Waals surface area (Å²) in [6, 6.07) is 0. The maximum atomic E-state index is 13.2. The predicted molar refractivity (Wildman–Crippen MR) is 122 cm³/mol. The monoisotopic (exact) mass is 469 g/mol. The average molecular weight is 470 g/mol. The van der Waals surface area contributed by atoms with Gasteiger partial charge in [-0.05, 0) is 54.4 Å². The highest BCUT2D eigenvalue weighted by Gasteiger charge is 2.46. The molecule has 1 aromatic heterocycles. The molecule has 33 heavy (non-hydrogen) atoms. The lowest BCUT2D eigenvalue weighted by atomic mass is 9.94. The lowest BCUT2D eigenvalue weighted by Gasteiger charge is -2.39. The number of ether oxygens (including phenoxy) is 4. The summed E-state index contributed by atoms with van der Waals surface area (Å²) in [5, 5.41) is 0. The number of methoxy groups -OCH3 is 1. The van der Waals surface area contributed by atoms with Crippen LogP contribution in [0.15, 0.2) is 12.5 Å². The van der Waals surface area contributed by atoms with Crippen LogP contribution in [0.4, 0.5) is 9.59 Å². The Morgan fingerprint density at radius 3 is 2.09 bits per heavy atom. The SMILES string of the molecule is COCN(C(=O)OC(C)(C)C)[C@@](C)(Cc1cn(C(=O)OC(C)(C)C)cn1)C(=O)OCC(C)C. The minimum Gasteiger partial charge on any atom is -0.464 e. The predicted octanol–water partition coefficient (Wildman–Crippen LogP) is 4.01. The third-order valence-electron chi connectivity index (χ3n) is 4.22. The van der Waals surface area contributed by atoms with Gasteiger partial charge in [0, 0.05) is 19.7 Å². The average Bonchev–Trinajstić information content (AvgIpc) is 3.09. The first-order valence-corrected chi connectivity index (χ1v) is 10.9. The van der Waals surface area contributed by atoms with Crippen LogP contribution in [0.1, 0.15) is 68.0 Å². The number of hydrogen-bond donors (Lipinski definition) is 0. The molecule has 0 fully saturated rings. The van der Waals surface area contributed by atoms with E-state index >= 15 is 0 Å². The topological polar surface area (TPSA) is 109 Å². The Labute approximate surface area is 196 Å². The van der Waals surface area contributed by atoms with Crippen LogP contribution in [0.2, 0.25) is 0 Å². The summed E-state index contributed by atoms with van der Waals surface area (Å²) in [4.78, 5) is 44.0. The first-order valence-electron chi connectivity index (χ1n) is 10.9. The van der Waals surface area contributed by atoms with Crippen LogP contribution < -0.4 is 0 Å². The van der Waals surface area contributed by atoms with Crippen molar-refractivity contribution in [2.45, 2.75) is 85.5 Å².